The Morgan fingerprint density at radius 1 is 1.07 bits per heavy atom. The molecule has 3 rings (SSSR count). The smallest absolute Gasteiger partial charge is 0.196 e. The van der Waals surface area contributed by atoms with Crippen LogP contribution < -0.4 is 29.6 Å². The Bertz CT molecular complexity index is 883. The lowest BCUT2D eigenvalue weighted by Gasteiger charge is -2.14. The van der Waals surface area contributed by atoms with Crippen LogP contribution >= 0.6 is 0 Å². The highest BCUT2D eigenvalue weighted by atomic mass is 16.5. The zero-order valence-electron chi connectivity index (χ0n) is 17.7. The summed E-state index contributed by atoms with van der Waals surface area (Å²) in [5.74, 6) is 3.74. The van der Waals surface area contributed by atoms with Crippen molar-refractivity contribution in [2.24, 2.45) is 4.99 Å². The number of methoxy groups -OCH3 is 3. The molecule has 7 nitrogen and oxygen atoms in total. The first-order chi connectivity index (χ1) is 14.1. The summed E-state index contributed by atoms with van der Waals surface area (Å²) < 4.78 is 22.1. The fourth-order valence-electron chi connectivity index (χ4n) is 3.32. The summed E-state index contributed by atoms with van der Waals surface area (Å²) in [5.41, 5.74) is 3.00. The van der Waals surface area contributed by atoms with Gasteiger partial charge >= 0.3 is 0 Å². The van der Waals surface area contributed by atoms with E-state index >= 15 is 0 Å². The maximum atomic E-state index is 5.88. The van der Waals surface area contributed by atoms with Gasteiger partial charge in [0, 0.05) is 35.8 Å². The molecule has 7 heteroatoms. The van der Waals surface area contributed by atoms with Gasteiger partial charge in [0.1, 0.15) is 17.6 Å². The summed E-state index contributed by atoms with van der Waals surface area (Å²) in [7, 11) is 4.91. The van der Waals surface area contributed by atoms with Crippen LogP contribution in [0.4, 0.5) is 5.69 Å². The Morgan fingerprint density at radius 2 is 1.83 bits per heavy atom. The zero-order valence-corrected chi connectivity index (χ0v) is 17.7. The summed E-state index contributed by atoms with van der Waals surface area (Å²) in [6.45, 7) is 5.29. The number of hydrogen-bond acceptors (Lipinski definition) is 5. The van der Waals surface area contributed by atoms with Crippen molar-refractivity contribution in [1.29, 1.82) is 0 Å². The van der Waals surface area contributed by atoms with Crippen molar-refractivity contribution in [1.82, 2.24) is 5.32 Å². The van der Waals surface area contributed by atoms with Crippen LogP contribution in [-0.4, -0.2) is 39.9 Å². The van der Waals surface area contributed by atoms with Gasteiger partial charge in [0.25, 0.3) is 0 Å². The minimum Gasteiger partial charge on any atom is -0.496 e. The van der Waals surface area contributed by atoms with Crippen molar-refractivity contribution >= 4 is 11.6 Å². The first kappa shape index (κ1) is 20.6. The largest absolute Gasteiger partial charge is 0.496 e. The number of fused-ring (bicyclic) bond motifs is 1. The van der Waals surface area contributed by atoms with Crippen LogP contribution in [0.5, 0.6) is 23.0 Å². The van der Waals surface area contributed by atoms with Crippen molar-refractivity contribution in [3.8, 4) is 23.0 Å². The molecule has 156 valence electrons. The van der Waals surface area contributed by atoms with E-state index in [-0.39, 0.29) is 6.10 Å². The average Bonchev–Trinajstić information content (AvgIpc) is 3.10. The minimum absolute atomic E-state index is 0.192. The lowest BCUT2D eigenvalue weighted by molar-refractivity contribution is 0.254. The van der Waals surface area contributed by atoms with Crippen LogP contribution in [0.1, 0.15) is 25.0 Å². The zero-order chi connectivity index (χ0) is 20.8. The topological polar surface area (TPSA) is 73.3 Å². The third-order valence-corrected chi connectivity index (χ3v) is 4.70. The van der Waals surface area contributed by atoms with Gasteiger partial charge in [0.15, 0.2) is 17.5 Å². The normalized spacial score (nSPS) is 15.3. The number of hydrogen-bond donors (Lipinski definition) is 2. The molecule has 0 amide bonds. The molecule has 1 atom stereocenters. The highest BCUT2D eigenvalue weighted by Crippen LogP contribution is 2.35. The van der Waals surface area contributed by atoms with Gasteiger partial charge < -0.3 is 29.6 Å². The highest BCUT2D eigenvalue weighted by Gasteiger charge is 2.21. The Hall–Kier alpha value is -3.09. The van der Waals surface area contributed by atoms with Crippen molar-refractivity contribution in [2.45, 2.75) is 32.9 Å². The van der Waals surface area contributed by atoms with Crippen LogP contribution in [0, 0.1) is 0 Å². The number of ether oxygens (including phenoxy) is 4. The molecule has 1 heterocycles. The van der Waals surface area contributed by atoms with Gasteiger partial charge in [-0.2, -0.15) is 0 Å². The molecule has 1 aliphatic rings. The van der Waals surface area contributed by atoms with Gasteiger partial charge in [-0.25, -0.2) is 4.99 Å². The standard InChI is InChI=1S/C22H29N3O4/c1-6-23-22(25-17-7-8-18(26-3)21(12-17)28-5)24-13-16-11-20-15(9-14(2)29-20)10-19(16)27-4/h7-8,10-12,14H,6,9,13H2,1-5H3,(H2,23,24,25). The third kappa shape index (κ3) is 4.85. The number of anilines is 1. The molecular formula is C22H29N3O4. The number of nitrogens with one attached hydrogen (secondary N) is 2. The van der Waals surface area contributed by atoms with Crippen molar-refractivity contribution in [3.63, 3.8) is 0 Å². The fraction of sp³-hybridized carbons (Fsp3) is 0.409. The van der Waals surface area contributed by atoms with Gasteiger partial charge in [-0.1, -0.05) is 0 Å². The Kier molecular flexibility index (Phi) is 6.69. The first-order valence-electron chi connectivity index (χ1n) is 9.71. The monoisotopic (exact) mass is 399 g/mol. The summed E-state index contributed by atoms with van der Waals surface area (Å²) in [6, 6.07) is 9.72. The lowest BCUT2D eigenvalue weighted by Crippen LogP contribution is -2.30. The second kappa shape index (κ2) is 9.41. The molecule has 2 aromatic rings. The first-order valence-corrected chi connectivity index (χ1v) is 9.71. The number of aliphatic imine (C=N–C) groups is 1. The van der Waals surface area contributed by atoms with Crippen LogP contribution in [-0.2, 0) is 13.0 Å². The number of nitrogens with zero attached hydrogens (tertiary/aromatic N) is 1. The Morgan fingerprint density at radius 3 is 2.52 bits per heavy atom. The van der Waals surface area contributed by atoms with Gasteiger partial charge in [-0.3, -0.25) is 0 Å². The van der Waals surface area contributed by atoms with E-state index < -0.39 is 0 Å². The molecule has 1 unspecified atom stereocenters. The molecule has 2 aromatic carbocycles. The molecule has 0 radical (unpaired) electrons. The van der Waals surface area contributed by atoms with Gasteiger partial charge in [0.05, 0.1) is 27.9 Å². The van der Waals surface area contributed by atoms with Crippen LogP contribution in [0.25, 0.3) is 0 Å². The number of guanidine groups is 1. The fourth-order valence-corrected chi connectivity index (χ4v) is 3.32. The average molecular weight is 399 g/mol. The predicted octanol–water partition coefficient (Wildman–Crippen LogP) is 3.61. The molecule has 0 saturated carbocycles. The quantitative estimate of drug-likeness (QED) is 0.547. The second-order valence-electron chi connectivity index (χ2n) is 6.79. The van der Waals surface area contributed by atoms with E-state index in [1.807, 2.05) is 31.2 Å². The van der Waals surface area contributed by atoms with E-state index in [9.17, 15) is 0 Å². The molecular weight excluding hydrogens is 370 g/mol. The van der Waals surface area contributed by atoms with Crippen molar-refractivity contribution in [2.75, 3.05) is 33.2 Å². The maximum Gasteiger partial charge on any atom is 0.196 e. The summed E-state index contributed by atoms with van der Waals surface area (Å²) in [4.78, 5) is 4.72. The molecule has 0 aliphatic carbocycles. The summed E-state index contributed by atoms with van der Waals surface area (Å²) in [5, 5.41) is 6.56. The minimum atomic E-state index is 0.192. The van der Waals surface area contributed by atoms with Crippen LogP contribution in [0.2, 0.25) is 0 Å². The molecule has 0 fully saturated rings. The lowest BCUT2D eigenvalue weighted by atomic mass is 10.1. The molecule has 1 aliphatic heterocycles. The van der Waals surface area contributed by atoms with E-state index in [2.05, 4.69) is 23.6 Å². The van der Waals surface area contributed by atoms with E-state index in [1.54, 1.807) is 21.3 Å². The van der Waals surface area contributed by atoms with E-state index in [4.69, 9.17) is 23.9 Å². The molecule has 29 heavy (non-hydrogen) atoms. The molecule has 0 spiro atoms. The maximum absolute atomic E-state index is 5.88. The second-order valence-corrected chi connectivity index (χ2v) is 6.79. The number of benzene rings is 2. The van der Waals surface area contributed by atoms with E-state index in [0.29, 0.717) is 24.0 Å². The molecule has 0 bridgehead atoms. The van der Waals surface area contributed by atoms with Crippen LogP contribution in [0.15, 0.2) is 35.3 Å². The molecule has 0 saturated heterocycles. The highest BCUT2D eigenvalue weighted by molar-refractivity contribution is 5.94. The summed E-state index contributed by atoms with van der Waals surface area (Å²) >= 11 is 0. The summed E-state index contributed by atoms with van der Waals surface area (Å²) in [6.07, 6.45) is 1.09. The third-order valence-electron chi connectivity index (χ3n) is 4.70. The number of rotatable bonds is 7. The van der Waals surface area contributed by atoms with Gasteiger partial charge in [0.2, 0.25) is 0 Å². The van der Waals surface area contributed by atoms with E-state index in [0.717, 1.165) is 35.7 Å². The van der Waals surface area contributed by atoms with Crippen LogP contribution in [0.3, 0.4) is 0 Å². The van der Waals surface area contributed by atoms with Crippen molar-refractivity contribution in [3.05, 3.63) is 41.5 Å². The van der Waals surface area contributed by atoms with Gasteiger partial charge in [-0.15, -0.1) is 0 Å². The molecule has 0 aromatic heterocycles. The Labute approximate surface area is 172 Å². The molecule has 2 N–H and O–H groups in total. The van der Waals surface area contributed by atoms with Gasteiger partial charge in [-0.05, 0) is 38.1 Å². The SMILES string of the molecule is CCNC(=NCc1cc2c(cc1OC)CC(C)O2)Nc1ccc(OC)c(OC)c1. The predicted molar refractivity (Wildman–Crippen MR) is 115 cm³/mol. The van der Waals surface area contributed by atoms with E-state index in [1.165, 1.54) is 5.56 Å². The van der Waals surface area contributed by atoms with Crippen molar-refractivity contribution < 1.29 is 18.9 Å². The Balaban J connectivity index is 1.80.